The number of anilines is 1. The molecule has 0 aliphatic carbocycles. The first-order valence-corrected chi connectivity index (χ1v) is 6.54. The quantitative estimate of drug-likeness (QED) is 0.859. The van der Waals surface area contributed by atoms with Crippen molar-refractivity contribution in [2.75, 3.05) is 11.4 Å². The van der Waals surface area contributed by atoms with Gasteiger partial charge in [0.05, 0.1) is 6.54 Å². The van der Waals surface area contributed by atoms with E-state index in [4.69, 9.17) is 0 Å². The number of benzene rings is 1. The van der Waals surface area contributed by atoms with Crippen molar-refractivity contribution in [3.05, 3.63) is 35.7 Å². The molecule has 0 bridgehead atoms. The van der Waals surface area contributed by atoms with Crippen LogP contribution in [0.5, 0.6) is 5.75 Å². The minimum absolute atomic E-state index is 0.0829. The molecular weight excluding hydrogens is 286 g/mol. The van der Waals surface area contributed by atoms with Crippen molar-refractivity contribution in [2.45, 2.75) is 13.5 Å². The second kappa shape index (κ2) is 6.04. The molecule has 20 heavy (non-hydrogen) atoms. The molecule has 0 saturated carbocycles. The van der Waals surface area contributed by atoms with Gasteiger partial charge in [0.15, 0.2) is 5.17 Å². The summed E-state index contributed by atoms with van der Waals surface area (Å²) < 4.78 is 28.4. The highest BCUT2D eigenvalue weighted by atomic mass is 32.2. The SMILES string of the molecule is C=C1CN(c2ccc(OC(F)F)cc2)C(=NC(C)=O)S1. The Labute approximate surface area is 119 Å². The van der Waals surface area contributed by atoms with Crippen molar-refractivity contribution < 1.29 is 18.3 Å². The zero-order valence-corrected chi connectivity index (χ0v) is 11.5. The first-order chi connectivity index (χ1) is 9.45. The van der Waals surface area contributed by atoms with E-state index in [0.717, 1.165) is 10.6 Å². The smallest absolute Gasteiger partial charge is 0.387 e. The highest BCUT2D eigenvalue weighted by Gasteiger charge is 2.24. The summed E-state index contributed by atoms with van der Waals surface area (Å²) >= 11 is 1.32. The number of amidine groups is 1. The molecule has 0 atom stereocenters. The maximum absolute atomic E-state index is 12.1. The number of thioether (sulfide) groups is 1. The summed E-state index contributed by atoms with van der Waals surface area (Å²) in [5, 5.41) is 0.532. The largest absolute Gasteiger partial charge is 0.435 e. The summed E-state index contributed by atoms with van der Waals surface area (Å²) in [6.07, 6.45) is 0. The van der Waals surface area contributed by atoms with Gasteiger partial charge in [0.2, 0.25) is 5.91 Å². The van der Waals surface area contributed by atoms with E-state index in [0.29, 0.717) is 11.7 Å². The van der Waals surface area contributed by atoms with E-state index >= 15 is 0 Å². The Balaban J connectivity index is 2.21. The normalized spacial score (nSPS) is 17.1. The van der Waals surface area contributed by atoms with Crippen molar-refractivity contribution >= 4 is 28.5 Å². The first kappa shape index (κ1) is 14.5. The summed E-state index contributed by atoms with van der Waals surface area (Å²) in [4.78, 5) is 17.7. The van der Waals surface area contributed by atoms with Gasteiger partial charge < -0.3 is 9.64 Å². The lowest BCUT2D eigenvalue weighted by atomic mass is 10.3. The van der Waals surface area contributed by atoms with Crippen LogP contribution in [-0.2, 0) is 4.79 Å². The van der Waals surface area contributed by atoms with Gasteiger partial charge in [-0.05, 0) is 24.3 Å². The molecule has 1 heterocycles. The molecule has 1 aromatic carbocycles. The Morgan fingerprint density at radius 2 is 2.10 bits per heavy atom. The van der Waals surface area contributed by atoms with Crippen molar-refractivity contribution in [3.63, 3.8) is 0 Å². The zero-order valence-electron chi connectivity index (χ0n) is 10.7. The maximum atomic E-state index is 12.1. The van der Waals surface area contributed by atoms with E-state index in [1.54, 1.807) is 17.0 Å². The number of ether oxygens (including phenoxy) is 1. The number of rotatable bonds is 3. The van der Waals surface area contributed by atoms with Gasteiger partial charge in [0.25, 0.3) is 0 Å². The molecule has 1 aliphatic rings. The molecule has 1 amide bonds. The molecule has 2 rings (SSSR count). The minimum Gasteiger partial charge on any atom is -0.435 e. The van der Waals surface area contributed by atoms with Crippen molar-refractivity contribution in [1.82, 2.24) is 0 Å². The van der Waals surface area contributed by atoms with Crippen LogP contribution in [0.2, 0.25) is 0 Å². The second-order valence-corrected chi connectivity index (χ2v) is 5.16. The Hall–Kier alpha value is -1.89. The molecule has 106 valence electrons. The van der Waals surface area contributed by atoms with Crippen molar-refractivity contribution in [2.24, 2.45) is 4.99 Å². The lowest BCUT2D eigenvalue weighted by Gasteiger charge is -2.17. The Kier molecular flexibility index (Phi) is 4.39. The summed E-state index contributed by atoms with van der Waals surface area (Å²) in [5.41, 5.74) is 0.734. The van der Waals surface area contributed by atoms with Gasteiger partial charge in [-0.1, -0.05) is 18.3 Å². The second-order valence-electron chi connectivity index (χ2n) is 4.01. The number of alkyl halides is 2. The van der Waals surface area contributed by atoms with Gasteiger partial charge >= 0.3 is 6.61 Å². The van der Waals surface area contributed by atoms with Gasteiger partial charge in [0.1, 0.15) is 5.75 Å². The Morgan fingerprint density at radius 3 is 2.65 bits per heavy atom. The first-order valence-electron chi connectivity index (χ1n) is 5.73. The van der Waals surface area contributed by atoms with Gasteiger partial charge in [-0.15, -0.1) is 0 Å². The van der Waals surface area contributed by atoms with Crippen LogP contribution in [0.3, 0.4) is 0 Å². The van der Waals surface area contributed by atoms with Crippen molar-refractivity contribution in [1.29, 1.82) is 0 Å². The fourth-order valence-electron chi connectivity index (χ4n) is 1.69. The van der Waals surface area contributed by atoms with Crippen LogP contribution in [-0.4, -0.2) is 24.2 Å². The number of hydrogen-bond acceptors (Lipinski definition) is 3. The molecular formula is C13H12F2N2O2S. The van der Waals surface area contributed by atoms with Gasteiger partial charge in [0, 0.05) is 17.5 Å². The van der Waals surface area contributed by atoms with E-state index in [-0.39, 0.29) is 11.7 Å². The van der Waals surface area contributed by atoms with Gasteiger partial charge in [-0.25, -0.2) is 0 Å². The molecule has 0 unspecified atom stereocenters. The summed E-state index contributed by atoms with van der Waals surface area (Å²) in [6, 6.07) is 6.15. The fourth-order valence-corrected chi connectivity index (χ4v) is 2.59. The number of aliphatic imine (C=N–C) groups is 1. The highest BCUT2D eigenvalue weighted by Crippen LogP contribution is 2.33. The number of hydrogen-bond donors (Lipinski definition) is 0. The third kappa shape index (κ3) is 3.57. The number of amides is 1. The lowest BCUT2D eigenvalue weighted by molar-refractivity contribution is -0.115. The standard InChI is InChI=1S/C13H12F2N2O2S/c1-8-7-17(13(20-8)16-9(2)18)10-3-5-11(6-4-10)19-12(14)15/h3-6,12H,1,7H2,2H3. The minimum atomic E-state index is -2.85. The Bertz CT molecular complexity index is 558. The Morgan fingerprint density at radius 1 is 1.45 bits per heavy atom. The average molecular weight is 298 g/mol. The summed E-state index contributed by atoms with van der Waals surface area (Å²) in [5.74, 6) is -0.218. The molecule has 7 heteroatoms. The van der Waals surface area contributed by atoms with E-state index < -0.39 is 6.61 Å². The number of carbonyl (C=O) groups excluding carboxylic acids is 1. The van der Waals surface area contributed by atoms with Crippen LogP contribution in [0.25, 0.3) is 0 Å². The monoisotopic (exact) mass is 298 g/mol. The predicted molar refractivity (Wildman–Crippen MR) is 75.3 cm³/mol. The summed E-state index contributed by atoms with van der Waals surface area (Å²) in [7, 11) is 0. The zero-order chi connectivity index (χ0) is 14.7. The predicted octanol–water partition coefficient (Wildman–Crippen LogP) is 3.26. The van der Waals surface area contributed by atoms with Crippen LogP contribution < -0.4 is 9.64 Å². The number of nitrogens with zero attached hydrogens (tertiary/aromatic N) is 2. The van der Waals surface area contributed by atoms with E-state index in [1.165, 1.54) is 30.8 Å². The number of halogens is 2. The molecule has 1 saturated heterocycles. The van der Waals surface area contributed by atoms with Crippen LogP contribution in [0.15, 0.2) is 40.7 Å². The lowest BCUT2D eigenvalue weighted by Crippen LogP contribution is -2.24. The summed E-state index contributed by atoms with van der Waals surface area (Å²) in [6.45, 7) is 2.89. The van der Waals surface area contributed by atoms with Crippen LogP contribution in [0.4, 0.5) is 14.5 Å². The fraction of sp³-hybridized carbons (Fsp3) is 0.231. The van der Waals surface area contributed by atoms with Gasteiger partial charge in [-0.2, -0.15) is 13.8 Å². The molecule has 0 radical (unpaired) electrons. The third-order valence-corrected chi connectivity index (χ3v) is 3.34. The van der Waals surface area contributed by atoms with Gasteiger partial charge in [-0.3, -0.25) is 4.79 Å². The van der Waals surface area contributed by atoms with Crippen molar-refractivity contribution in [3.8, 4) is 5.75 Å². The molecule has 0 N–H and O–H groups in total. The molecule has 1 fully saturated rings. The van der Waals surface area contributed by atoms with E-state index in [1.807, 2.05) is 0 Å². The molecule has 1 aromatic rings. The highest BCUT2D eigenvalue weighted by molar-refractivity contribution is 8.18. The molecule has 0 spiro atoms. The number of carbonyl (C=O) groups is 1. The molecule has 0 aromatic heterocycles. The van der Waals surface area contributed by atoms with E-state index in [2.05, 4.69) is 16.3 Å². The third-order valence-electron chi connectivity index (χ3n) is 2.43. The van der Waals surface area contributed by atoms with Crippen LogP contribution in [0, 0.1) is 0 Å². The van der Waals surface area contributed by atoms with Crippen LogP contribution >= 0.6 is 11.8 Å². The topological polar surface area (TPSA) is 41.9 Å². The molecule has 4 nitrogen and oxygen atoms in total. The maximum Gasteiger partial charge on any atom is 0.387 e. The molecule has 1 aliphatic heterocycles. The average Bonchev–Trinajstić information content (AvgIpc) is 2.69. The van der Waals surface area contributed by atoms with E-state index in [9.17, 15) is 13.6 Å². The van der Waals surface area contributed by atoms with Crippen LogP contribution in [0.1, 0.15) is 6.92 Å².